The smallest absolute Gasteiger partial charge is 0.326 e. The lowest BCUT2D eigenvalue weighted by molar-refractivity contribution is -0.145. The Balaban J connectivity index is 2.67. The van der Waals surface area contributed by atoms with E-state index in [4.69, 9.17) is 21.8 Å². The molecule has 0 fully saturated rings. The Morgan fingerprint density at radius 2 is 1.95 bits per heavy atom. The molecule has 0 aromatic heterocycles. The molecule has 0 saturated heterocycles. The van der Waals surface area contributed by atoms with Gasteiger partial charge >= 0.3 is 18.0 Å². The van der Waals surface area contributed by atoms with E-state index in [0.29, 0.717) is 15.2 Å². The largest absolute Gasteiger partial charge is 0.481 e. The lowest BCUT2D eigenvalue weighted by Gasteiger charge is -2.13. The normalized spacial score (nSPS) is 11.5. The third kappa shape index (κ3) is 5.06. The Bertz CT molecular complexity index is 552. The topological polar surface area (TPSA) is 116 Å². The van der Waals surface area contributed by atoms with Crippen molar-refractivity contribution >= 4 is 51.2 Å². The Morgan fingerprint density at radius 3 is 2.45 bits per heavy atom. The Hall–Kier alpha value is -1.80. The van der Waals surface area contributed by atoms with Gasteiger partial charge in [0.05, 0.1) is 11.4 Å². The van der Waals surface area contributed by atoms with Gasteiger partial charge in [-0.05, 0) is 34.1 Å². The number of rotatable bonds is 5. The van der Waals surface area contributed by atoms with Gasteiger partial charge in [0.1, 0.15) is 6.04 Å². The van der Waals surface area contributed by atoms with Crippen molar-refractivity contribution in [2.75, 3.05) is 5.32 Å². The molecule has 20 heavy (non-hydrogen) atoms. The molecule has 9 heteroatoms. The van der Waals surface area contributed by atoms with Crippen LogP contribution in [0.1, 0.15) is 6.42 Å². The number of benzene rings is 1. The maximum absolute atomic E-state index is 11.6. The molecule has 0 heterocycles. The van der Waals surface area contributed by atoms with Crippen LogP contribution in [-0.2, 0) is 9.59 Å². The fourth-order valence-corrected chi connectivity index (χ4v) is 1.77. The number of carbonyl (C=O) groups is 3. The molecule has 0 aliphatic rings. The van der Waals surface area contributed by atoms with Crippen LogP contribution in [-0.4, -0.2) is 34.2 Å². The van der Waals surface area contributed by atoms with Gasteiger partial charge in [-0.2, -0.15) is 0 Å². The molecule has 0 radical (unpaired) electrons. The molecule has 7 nitrogen and oxygen atoms in total. The van der Waals surface area contributed by atoms with Crippen LogP contribution in [0.2, 0.25) is 5.02 Å². The van der Waals surface area contributed by atoms with Crippen LogP contribution in [0.15, 0.2) is 22.7 Å². The highest BCUT2D eigenvalue weighted by Crippen LogP contribution is 2.25. The van der Waals surface area contributed by atoms with Gasteiger partial charge in [0.15, 0.2) is 0 Å². The van der Waals surface area contributed by atoms with E-state index in [-0.39, 0.29) is 0 Å². The Kier molecular flexibility index (Phi) is 5.78. The van der Waals surface area contributed by atoms with E-state index >= 15 is 0 Å². The number of nitrogens with one attached hydrogen (secondary N) is 2. The highest BCUT2D eigenvalue weighted by atomic mass is 79.9. The summed E-state index contributed by atoms with van der Waals surface area (Å²) in [5, 5.41) is 22.2. The van der Waals surface area contributed by atoms with Crippen molar-refractivity contribution in [3.63, 3.8) is 0 Å². The third-order valence-electron chi connectivity index (χ3n) is 2.16. The van der Waals surface area contributed by atoms with Gasteiger partial charge in [-0.1, -0.05) is 11.6 Å². The number of aliphatic carboxylic acids is 2. The standard InChI is InChI=1S/C11H10BrClN2O5/c12-6-3-5(1-2-7(6)13)14-11(20)15-8(10(18)19)4-9(16)17/h1-3,8H,4H2,(H,16,17)(H,18,19)(H2,14,15,20)/t8-/m0/s1. The number of hydrogen-bond acceptors (Lipinski definition) is 3. The minimum absolute atomic E-state index is 0.373. The summed E-state index contributed by atoms with van der Waals surface area (Å²) in [7, 11) is 0. The van der Waals surface area contributed by atoms with Crippen molar-refractivity contribution in [2.24, 2.45) is 0 Å². The van der Waals surface area contributed by atoms with Gasteiger partial charge < -0.3 is 20.8 Å². The second kappa shape index (κ2) is 7.11. The molecule has 1 atom stereocenters. The summed E-state index contributed by atoms with van der Waals surface area (Å²) in [6.07, 6.45) is -0.715. The van der Waals surface area contributed by atoms with E-state index in [1.807, 2.05) is 0 Å². The van der Waals surface area contributed by atoms with Crippen LogP contribution >= 0.6 is 27.5 Å². The number of carbonyl (C=O) groups excluding carboxylic acids is 1. The number of urea groups is 1. The second-order valence-corrected chi connectivity index (χ2v) is 4.98. The second-order valence-electron chi connectivity index (χ2n) is 3.72. The van der Waals surface area contributed by atoms with Crippen molar-refractivity contribution in [1.29, 1.82) is 0 Å². The van der Waals surface area contributed by atoms with Crippen molar-refractivity contribution in [3.8, 4) is 0 Å². The first kappa shape index (κ1) is 16.3. The molecular formula is C11H10BrClN2O5. The van der Waals surface area contributed by atoms with Gasteiger partial charge in [-0.25, -0.2) is 9.59 Å². The van der Waals surface area contributed by atoms with Gasteiger partial charge in [0, 0.05) is 10.2 Å². The number of anilines is 1. The van der Waals surface area contributed by atoms with Gasteiger partial charge in [-0.3, -0.25) is 4.79 Å². The van der Waals surface area contributed by atoms with E-state index in [0.717, 1.165) is 0 Å². The fourth-order valence-electron chi connectivity index (χ4n) is 1.27. The fraction of sp³-hybridized carbons (Fsp3) is 0.182. The minimum Gasteiger partial charge on any atom is -0.481 e. The highest BCUT2D eigenvalue weighted by molar-refractivity contribution is 9.10. The maximum atomic E-state index is 11.6. The molecular weight excluding hydrogens is 355 g/mol. The highest BCUT2D eigenvalue weighted by Gasteiger charge is 2.23. The first-order chi connectivity index (χ1) is 9.29. The van der Waals surface area contributed by atoms with E-state index in [1.165, 1.54) is 18.2 Å². The van der Waals surface area contributed by atoms with Crippen LogP contribution in [0.25, 0.3) is 0 Å². The summed E-state index contributed by atoms with van der Waals surface area (Å²) in [5.41, 5.74) is 0.373. The average molecular weight is 366 g/mol. The summed E-state index contributed by atoms with van der Waals surface area (Å²) in [4.78, 5) is 32.8. The van der Waals surface area contributed by atoms with Crippen LogP contribution in [0, 0.1) is 0 Å². The zero-order valence-electron chi connectivity index (χ0n) is 9.89. The molecule has 0 bridgehead atoms. The first-order valence-corrected chi connectivity index (χ1v) is 6.44. The molecule has 0 spiro atoms. The van der Waals surface area contributed by atoms with Gasteiger partial charge in [0.2, 0.25) is 0 Å². The molecule has 2 amide bonds. The summed E-state index contributed by atoms with van der Waals surface area (Å²) in [5.74, 6) is -2.76. The molecule has 0 aliphatic carbocycles. The zero-order chi connectivity index (χ0) is 15.3. The van der Waals surface area contributed by atoms with E-state index in [2.05, 4.69) is 26.6 Å². The van der Waals surface area contributed by atoms with Crippen LogP contribution in [0.5, 0.6) is 0 Å². The SMILES string of the molecule is O=C(O)C[C@H](NC(=O)Nc1ccc(Cl)c(Br)c1)C(=O)O. The summed E-state index contributed by atoms with van der Waals surface area (Å²) in [6.45, 7) is 0. The Labute approximate surface area is 127 Å². The summed E-state index contributed by atoms with van der Waals surface area (Å²) in [6, 6.07) is 2.23. The molecule has 1 rings (SSSR count). The number of carboxylic acids is 2. The molecule has 0 saturated carbocycles. The van der Waals surface area contributed by atoms with Crippen molar-refractivity contribution in [2.45, 2.75) is 12.5 Å². The van der Waals surface area contributed by atoms with E-state index in [9.17, 15) is 14.4 Å². The number of halogens is 2. The molecule has 0 aliphatic heterocycles. The summed E-state index contributed by atoms with van der Waals surface area (Å²) >= 11 is 8.95. The molecule has 1 aromatic carbocycles. The number of hydrogen-bond donors (Lipinski definition) is 4. The third-order valence-corrected chi connectivity index (χ3v) is 3.37. The molecule has 0 unspecified atom stereocenters. The number of amides is 2. The first-order valence-electron chi connectivity index (χ1n) is 5.26. The molecule has 4 N–H and O–H groups in total. The van der Waals surface area contributed by atoms with Crippen molar-refractivity contribution in [1.82, 2.24) is 5.32 Å². The van der Waals surface area contributed by atoms with E-state index < -0.39 is 30.4 Å². The van der Waals surface area contributed by atoms with E-state index in [1.54, 1.807) is 0 Å². The quantitative estimate of drug-likeness (QED) is 0.638. The van der Waals surface area contributed by atoms with Crippen molar-refractivity contribution in [3.05, 3.63) is 27.7 Å². The monoisotopic (exact) mass is 364 g/mol. The lowest BCUT2D eigenvalue weighted by atomic mass is 10.2. The molecule has 108 valence electrons. The number of carboxylic acid groups (broad SMARTS) is 2. The predicted molar refractivity (Wildman–Crippen MR) is 75.0 cm³/mol. The lowest BCUT2D eigenvalue weighted by Crippen LogP contribution is -2.44. The van der Waals surface area contributed by atoms with Gasteiger partial charge in [0.25, 0.3) is 0 Å². The Morgan fingerprint density at radius 1 is 1.30 bits per heavy atom. The summed E-state index contributed by atoms with van der Waals surface area (Å²) < 4.78 is 0.553. The maximum Gasteiger partial charge on any atom is 0.326 e. The van der Waals surface area contributed by atoms with Crippen LogP contribution < -0.4 is 10.6 Å². The van der Waals surface area contributed by atoms with Crippen molar-refractivity contribution < 1.29 is 24.6 Å². The average Bonchev–Trinajstić information content (AvgIpc) is 2.32. The van der Waals surface area contributed by atoms with Crippen LogP contribution in [0.3, 0.4) is 0 Å². The molecule has 1 aromatic rings. The zero-order valence-corrected chi connectivity index (χ0v) is 12.2. The van der Waals surface area contributed by atoms with Crippen LogP contribution in [0.4, 0.5) is 10.5 Å². The predicted octanol–water partition coefficient (Wildman–Crippen LogP) is 2.15. The minimum atomic E-state index is -1.51. The van der Waals surface area contributed by atoms with Gasteiger partial charge in [-0.15, -0.1) is 0 Å².